The van der Waals surface area contributed by atoms with E-state index in [1.165, 1.54) is 24.1 Å². The second-order valence-electron chi connectivity index (χ2n) is 13.9. The van der Waals surface area contributed by atoms with Crippen molar-refractivity contribution in [3.05, 3.63) is 65.1 Å². The molecule has 252 valence electrons. The van der Waals surface area contributed by atoms with Crippen LogP contribution < -0.4 is 4.74 Å². The lowest BCUT2D eigenvalue weighted by atomic mass is 9.90. The average molecular weight is 649 g/mol. The van der Waals surface area contributed by atoms with Crippen molar-refractivity contribution in [2.24, 2.45) is 13.0 Å². The van der Waals surface area contributed by atoms with Gasteiger partial charge in [0.25, 0.3) is 17.6 Å². The standard InChI is InChI=1S/C36H45FN4O6/c1-22-20-41(35(45)47-36(3,4)5)23(2)19-40(22)34(44)32(42)29-21-38(6)30-18-31(46-7)28(17-27(29)30)33(43)39-14-12-25(13-15-39)16-24-8-10-26(37)11-9-24/h8-11,17-18,21-23,25H,12-16,19-20H2,1-7H3/t22-,23+/m0/s1. The number of aryl methyl sites for hydroxylation is 1. The number of amides is 3. The van der Waals surface area contributed by atoms with Crippen LogP contribution in [0.3, 0.4) is 0 Å². The molecule has 3 heterocycles. The number of ketones is 1. The molecule has 0 spiro atoms. The van der Waals surface area contributed by atoms with Crippen LogP contribution in [0.4, 0.5) is 9.18 Å². The van der Waals surface area contributed by atoms with Crippen LogP contribution in [0.15, 0.2) is 42.6 Å². The zero-order chi connectivity index (χ0) is 34.2. The molecule has 2 aliphatic rings. The van der Waals surface area contributed by atoms with Gasteiger partial charge < -0.3 is 28.7 Å². The minimum atomic E-state index is -0.675. The van der Waals surface area contributed by atoms with Crippen molar-refractivity contribution in [3.8, 4) is 5.75 Å². The fraction of sp³-hybridized carbons (Fsp3) is 0.500. The Bertz CT molecular complexity index is 1670. The zero-order valence-corrected chi connectivity index (χ0v) is 28.3. The minimum absolute atomic E-state index is 0.185. The third-order valence-corrected chi connectivity index (χ3v) is 9.19. The zero-order valence-electron chi connectivity index (χ0n) is 28.3. The highest BCUT2D eigenvalue weighted by Gasteiger charge is 2.39. The Balaban J connectivity index is 1.33. The number of hydrogen-bond donors (Lipinski definition) is 0. The SMILES string of the molecule is COc1cc2c(cc1C(=O)N1CCC(Cc3ccc(F)cc3)CC1)c(C(=O)C(=O)N1C[C@@H](C)N(C(=O)OC(C)(C)C)C[C@@H]1C)cn2C. The van der Waals surface area contributed by atoms with Gasteiger partial charge in [-0.1, -0.05) is 12.1 Å². The molecule has 11 heteroatoms. The summed E-state index contributed by atoms with van der Waals surface area (Å²) in [6.45, 7) is 10.6. The number of carbonyl (C=O) groups excluding carboxylic acids is 4. The first kappa shape index (κ1) is 33.9. The number of piperidine rings is 1. The van der Waals surface area contributed by atoms with Crippen LogP contribution >= 0.6 is 0 Å². The van der Waals surface area contributed by atoms with Gasteiger partial charge >= 0.3 is 6.09 Å². The molecule has 3 amide bonds. The quantitative estimate of drug-likeness (QED) is 0.260. The van der Waals surface area contributed by atoms with Gasteiger partial charge in [-0.3, -0.25) is 14.4 Å². The first-order valence-electron chi connectivity index (χ1n) is 16.2. The molecule has 2 fully saturated rings. The molecule has 10 nitrogen and oxygen atoms in total. The number of fused-ring (bicyclic) bond motifs is 1. The molecule has 0 bridgehead atoms. The molecular weight excluding hydrogens is 603 g/mol. The molecule has 2 aromatic carbocycles. The predicted molar refractivity (Wildman–Crippen MR) is 176 cm³/mol. The highest BCUT2D eigenvalue weighted by Crippen LogP contribution is 2.32. The molecular formula is C36H45FN4O6. The third kappa shape index (κ3) is 7.29. The van der Waals surface area contributed by atoms with Gasteiger partial charge in [0.1, 0.15) is 17.2 Å². The van der Waals surface area contributed by atoms with E-state index in [0.717, 1.165) is 24.8 Å². The monoisotopic (exact) mass is 648 g/mol. The average Bonchev–Trinajstić information content (AvgIpc) is 3.35. The maximum absolute atomic E-state index is 13.8. The largest absolute Gasteiger partial charge is 0.496 e. The van der Waals surface area contributed by atoms with Crippen molar-refractivity contribution in [1.29, 1.82) is 0 Å². The van der Waals surface area contributed by atoms with E-state index in [-0.39, 0.29) is 36.4 Å². The Kier molecular flexibility index (Phi) is 9.65. The Labute approximate surface area is 275 Å². The van der Waals surface area contributed by atoms with Gasteiger partial charge in [-0.25, -0.2) is 9.18 Å². The van der Waals surface area contributed by atoms with Gasteiger partial charge in [-0.15, -0.1) is 0 Å². The number of likely N-dealkylation sites (tertiary alicyclic amines) is 1. The molecule has 2 atom stereocenters. The Hall–Kier alpha value is -4.41. The maximum Gasteiger partial charge on any atom is 0.410 e. The summed E-state index contributed by atoms with van der Waals surface area (Å²) in [4.78, 5) is 59.0. The molecule has 47 heavy (non-hydrogen) atoms. The van der Waals surface area contributed by atoms with Crippen LogP contribution in [0.5, 0.6) is 5.75 Å². The molecule has 0 radical (unpaired) electrons. The van der Waals surface area contributed by atoms with Gasteiger partial charge in [0.15, 0.2) is 0 Å². The van der Waals surface area contributed by atoms with Crippen molar-refractivity contribution >= 4 is 34.6 Å². The Morgan fingerprint density at radius 3 is 2.15 bits per heavy atom. The van der Waals surface area contributed by atoms with Gasteiger partial charge in [0.05, 0.1) is 23.8 Å². The van der Waals surface area contributed by atoms with Crippen molar-refractivity contribution in [2.75, 3.05) is 33.3 Å². The first-order valence-corrected chi connectivity index (χ1v) is 16.2. The number of rotatable bonds is 6. The molecule has 0 saturated carbocycles. The number of piperazine rings is 1. The highest BCUT2D eigenvalue weighted by atomic mass is 19.1. The van der Waals surface area contributed by atoms with E-state index >= 15 is 0 Å². The Morgan fingerprint density at radius 2 is 1.53 bits per heavy atom. The van der Waals surface area contributed by atoms with E-state index < -0.39 is 29.4 Å². The van der Waals surface area contributed by atoms with E-state index in [4.69, 9.17) is 9.47 Å². The summed E-state index contributed by atoms with van der Waals surface area (Å²) in [7, 11) is 3.28. The van der Waals surface area contributed by atoms with Gasteiger partial charge in [0.2, 0.25) is 0 Å². The second-order valence-corrected chi connectivity index (χ2v) is 13.9. The lowest BCUT2D eigenvalue weighted by Crippen LogP contribution is -2.61. The topological polar surface area (TPSA) is 101 Å². The second kappa shape index (κ2) is 13.4. The number of aromatic nitrogens is 1. The summed E-state index contributed by atoms with van der Waals surface area (Å²) >= 11 is 0. The van der Waals surface area contributed by atoms with Crippen LogP contribution in [0, 0.1) is 11.7 Å². The smallest absolute Gasteiger partial charge is 0.410 e. The van der Waals surface area contributed by atoms with Crippen molar-refractivity contribution in [1.82, 2.24) is 19.3 Å². The van der Waals surface area contributed by atoms with Crippen LogP contribution in [0.1, 0.15) is 73.7 Å². The van der Waals surface area contributed by atoms with Crippen LogP contribution in [0.25, 0.3) is 10.9 Å². The number of benzene rings is 2. The normalized spacial score (nSPS) is 19.2. The first-order chi connectivity index (χ1) is 22.2. The molecule has 2 aliphatic heterocycles. The number of methoxy groups -OCH3 is 1. The number of ether oxygens (including phenoxy) is 2. The fourth-order valence-electron chi connectivity index (χ4n) is 6.62. The fourth-order valence-corrected chi connectivity index (χ4v) is 6.62. The summed E-state index contributed by atoms with van der Waals surface area (Å²) in [5, 5.41) is 0.495. The molecule has 0 unspecified atom stereocenters. The van der Waals surface area contributed by atoms with Gasteiger partial charge in [-0.05, 0) is 83.6 Å². The number of nitrogens with zero attached hydrogens (tertiary/aromatic N) is 4. The van der Waals surface area contributed by atoms with E-state index in [1.54, 1.807) is 60.5 Å². The lowest BCUT2D eigenvalue weighted by Gasteiger charge is -2.43. The van der Waals surface area contributed by atoms with E-state index in [9.17, 15) is 23.6 Å². The van der Waals surface area contributed by atoms with E-state index in [1.807, 2.05) is 26.0 Å². The minimum Gasteiger partial charge on any atom is -0.496 e. The maximum atomic E-state index is 13.8. The molecule has 1 aromatic heterocycles. The van der Waals surface area contributed by atoms with Gasteiger partial charge in [0, 0.05) is 63.0 Å². The molecule has 3 aromatic rings. The number of halogens is 1. The van der Waals surface area contributed by atoms with E-state index in [0.29, 0.717) is 41.2 Å². The summed E-state index contributed by atoms with van der Waals surface area (Å²) in [6.07, 6.45) is 3.62. The highest BCUT2D eigenvalue weighted by molar-refractivity contribution is 6.45. The number of Topliss-reactive ketones (excluding diaryl/α,β-unsaturated/α-hetero) is 1. The van der Waals surface area contributed by atoms with E-state index in [2.05, 4.69) is 0 Å². The van der Waals surface area contributed by atoms with Crippen molar-refractivity contribution in [3.63, 3.8) is 0 Å². The van der Waals surface area contributed by atoms with Crippen molar-refractivity contribution < 1.29 is 33.0 Å². The number of hydrogen-bond acceptors (Lipinski definition) is 6. The predicted octanol–water partition coefficient (Wildman–Crippen LogP) is 5.46. The van der Waals surface area contributed by atoms with Crippen LogP contribution in [-0.2, 0) is 23.0 Å². The summed E-state index contributed by atoms with van der Waals surface area (Å²) in [5.74, 6) is -1.01. The molecule has 0 N–H and O–H groups in total. The molecule has 5 rings (SSSR count). The van der Waals surface area contributed by atoms with Crippen molar-refractivity contribution in [2.45, 2.75) is 71.6 Å². The summed E-state index contributed by atoms with van der Waals surface area (Å²) in [6, 6.07) is 9.19. The van der Waals surface area contributed by atoms with Crippen LogP contribution in [-0.4, -0.2) is 93.9 Å². The van der Waals surface area contributed by atoms with Gasteiger partial charge in [-0.2, -0.15) is 0 Å². The molecule has 0 aliphatic carbocycles. The Morgan fingerprint density at radius 1 is 0.915 bits per heavy atom. The lowest BCUT2D eigenvalue weighted by molar-refractivity contribution is -0.132. The molecule has 2 saturated heterocycles. The summed E-state index contributed by atoms with van der Waals surface area (Å²) in [5.41, 5.74) is 1.62. The van der Waals surface area contributed by atoms with Crippen LogP contribution in [0.2, 0.25) is 0 Å². The third-order valence-electron chi connectivity index (χ3n) is 9.19. The number of carbonyl (C=O) groups is 4. The summed E-state index contributed by atoms with van der Waals surface area (Å²) < 4.78 is 26.3.